The standard InChI is InChI=1S/C28H35N7O/c1-18-10-11-19(2)23(16-18)33-12-14-34(15-13-33)25(26-30-31-32-35(26)28(4,5)6)22-17-21-9-7-8-20(3)24(21)29-27(22)36/h7-11,16-17,25H,12-15H2,1-6H3,(H,29,36)/t25-/m0/s1. The van der Waals surface area contributed by atoms with E-state index >= 15 is 0 Å². The first-order chi connectivity index (χ1) is 17.1. The zero-order valence-electron chi connectivity index (χ0n) is 22.0. The van der Waals surface area contributed by atoms with Crippen molar-refractivity contribution in [2.24, 2.45) is 0 Å². The smallest absolute Gasteiger partial charge is 0.253 e. The summed E-state index contributed by atoms with van der Waals surface area (Å²) in [5.41, 5.74) is 6.01. The van der Waals surface area contributed by atoms with E-state index in [4.69, 9.17) is 0 Å². The molecular formula is C28H35N7O. The lowest BCUT2D eigenvalue weighted by Gasteiger charge is -2.40. The lowest BCUT2D eigenvalue weighted by Crippen LogP contribution is -2.49. The van der Waals surface area contributed by atoms with Crippen LogP contribution in [0.3, 0.4) is 0 Å². The van der Waals surface area contributed by atoms with E-state index in [-0.39, 0.29) is 17.1 Å². The highest BCUT2D eigenvalue weighted by Crippen LogP contribution is 2.32. The van der Waals surface area contributed by atoms with Crippen molar-refractivity contribution in [2.75, 3.05) is 31.1 Å². The number of aromatic amines is 1. The summed E-state index contributed by atoms with van der Waals surface area (Å²) in [5.74, 6) is 0.695. The summed E-state index contributed by atoms with van der Waals surface area (Å²) in [6, 6.07) is 14.4. The van der Waals surface area contributed by atoms with Crippen molar-refractivity contribution in [1.29, 1.82) is 0 Å². The van der Waals surface area contributed by atoms with Crippen molar-refractivity contribution in [1.82, 2.24) is 30.1 Å². The quantitative estimate of drug-likeness (QED) is 0.469. The van der Waals surface area contributed by atoms with Gasteiger partial charge in [0.25, 0.3) is 5.56 Å². The van der Waals surface area contributed by atoms with E-state index < -0.39 is 0 Å². The number of benzene rings is 2. The molecule has 1 aliphatic rings. The minimum atomic E-state index is -0.353. The van der Waals surface area contributed by atoms with Crippen molar-refractivity contribution < 1.29 is 0 Å². The van der Waals surface area contributed by atoms with E-state index in [0.717, 1.165) is 42.6 Å². The Morgan fingerprint density at radius 2 is 1.69 bits per heavy atom. The fourth-order valence-corrected chi connectivity index (χ4v) is 5.23. The van der Waals surface area contributed by atoms with Crippen LogP contribution in [0.25, 0.3) is 10.9 Å². The van der Waals surface area contributed by atoms with Crippen molar-refractivity contribution in [2.45, 2.75) is 53.1 Å². The number of hydrogen-bond donors (Lipinski definition) is 1. The molecule has 0 spiro atoms. The Kier molecular flexibility index (Phi) is 6.16. The van der Waals surface area contributed by atoms with Gasteiger partial charge in [0.05, 0.1) is 11.1 Å². The summed E-state index contributed by atoms with van der Waals surface area (Å²) in [7, 11) is 0. The number of nitrogens with one attached hydrogen (secondary N) is 1. The van der Waals surface area contributed by atoms with Crippen LogP contribution >= 0.6 is 0 Å². The van der Waals surface area contributed by atoms with Gasteiger partial charge in [0.2, 0.25) is 0 Å². The number of hydrogen-bond acceptors (Lipinski definition) is 6. The van der Waals surface area contributed by atoms with E-state index in [1.54, 1.807) is 0 Å². The molecule has 2 aromatic heterocycles. The molecule has 0 aliphatic carbocycles. The van der Waals surface area contributed by atoms with Gasteiger partial charge in [0.15, 0.2) is 5.82 Å². The molecule has 36 heavy (non-hydrogen) atoms. The molecule has 3 heterocycles. The summed E-state index contributed by atoms with van der Waals surface area (Å²) in [4.78, 5) is 21.5. The van der Waals surface area contributed by atoms with E-state index in [9.17, 15) is 4.79 Å². The highest BCUT2D eigenvalue weighted by Gasteiger charge is 2.35. The van der Waals surface area contributed by atoms with Crippen molar-refractivity contribution in [3.05, 3.63) is 80.9 Å². The van der Waals surface area contributed by atoms with Gasteiger partial charge < -0.3 is 9.88 Å². The number of fused-ring (bicyclic) bond motifs is 1. The Morgan fingerprint density at radius 1 is 0.944 bits per heavy atom. The maximum absolute atomic E-state index is 13.5. The molecule has 1 atom stereocenters. The van der Waals surface area contributed by atoms with Gasteiger partial charge in [-0.25, -0.2) is 4.68 Å². The molecule has 1 N–H and O–H groups in total. The molecule has 8 heteroatoms. The van der Waals surface area contributed by atoms with Crippen LogP contribution in [0.1, 0.15) is 54.9 Å². The second-order valence-corrected chi connectivity index (χ2v) is 10.9. The molecule has 0 bridgehead atoms. The van der Waals surface area contributed by atoms with Gasteiger partial charge in [0, 0.05) is 37.4 Å². The predicted molar refractivity (Wildman–Crippen MR) is 144 cm³/mol. The van der Waals surface area contributed by atoms with Crippen molar-refractivity contribution in [3.63, 3.8) is 0 Å². The van der Waals surface area contributed by atoms with Gasteiger partial charge in [0.1, 0.15) is 6.04 Å². The predicted octanol–water partition coefficient (Wildman–Crippen LogP) is 4.11. The van der Waals surface area contributed by atoms with Gasteiger partial charge >= 0.3 is 0 Å². The number of aromatic nitrogens is 5. The summed E-state index contributed by atoms with van der Waals surface area (Å²) >= 11 is 0. The highest BCUT2D eigenvalue weighted by atomic mass is 16.1. The maximum Gasteiger partial charge on any atom is 0.253 e. The van der Waals surface area contributed by atoms with Crippen LogP contribution in [-0.4, -0.2) is 56.3 Å². The van der Waals surface area contributed by atoms with Gasteiger partial charge in [-0.3, -0.25) is 9.69 Å². The zero-order chi connectivity index (χ0) is 25.6. The number of anilines is 1. The largest absolute Gasteiger partial charge is 0.369 e. The van der Waals surface area contributed by atoms with E-state index in [0.29, 0.717) is 11.4 Å². The molecule has 0 radical (unpaired) electrons. The molecule has 1 fully saturated rings. The summed E-state index contributed by atoms with van der Waals surface area (Å²) in [6.45, 7) is 15.9. The number of rotatable bonds is 4. The van der Waals surface area contributed by atoms with Gasteiger partial charge in [-0.1, -0.05) is 30.3 Å². The van der Waals surface area contributed by atoms with Crippen LogP contribution < -0.4 is 10.5 Å². The van der Waals surface area contributed by atoms with Crippen LogP contribution in [0.15, 0.2) is 47.3 Å². The van der Waals surface area contributed by atoms with Crippen LogP contribution in [0, 0.1) is 20.8 Å². The SMILES string of the molecule is Cc1ccc(C)c(N2CCN([C@@H](c3cc4cccc(C)c4[nH]c3=O)c3nnnn3C(C)(C)C)CC2)c1. The maximum atomic E-state index is 13.5. The number of tetrazole rings is 1. The summed E-state index contributed by atoms with van der Waals surface area (Å²) < 4.78 is 1.86. The first kappa shape index (κ1) is 24.2. The number of piperazine rings is 1. The third-order valence-corrected chi connectivity index (χ3v) is 7.17. The van der Waals surface area contributed by atoms with Crippen LogP contribution in [0.2, 0.25) is 0 Å². The number of nitrogens with zero attached hydrogens (tertiary/aromatic N) is 6. The first-order valence-corrected chi connectivity index (χ1v) is 12.6. The monoisotopic (exact) mass is 485 g/mol. The second-order valence-electron chi connectivity index (χ2n) is 10.9. The number of pyridine rings is 1. The molecule has 5 rings (SSSR count). The number of para-hydroxylation sites is 1. The molecule has 0 saturated carbocycles. The summed E-state index contributed by atoms with van der Waals surface area (Å²) in [5, 5.41) is 13.8. The molecular weight excluding hydrogens is 450 g/mol. The molecule has 8 nitrogen and oxygen atoms in total. The average Bonchev–Trinajstić information content (AvgIpc) is 3.33. The molecule has 1 aliphatic heterocycles. The minimum absolute atomic E-state index is 0.0952. The third-order valence-electron chi connectivity index (χ3n) is 7.17. The van der Waals surface area contributed by atoms with Crippen molar-refractivity contribution >= 4 is 16.6 Å². The molecule has 4 aromatic rings. The lowest BCUT2D eigenvalue weighted by atomic mass is 10.00. The normalized spacial score (nSPS) is 16.0. The molecule has 0 amide bonds. The fraction of sp³-hybridized carbons (Fsp3) is 0.429. The first-order valence-electron chi connectivity index (χ1n) is 12.6. The summed E-state index contributed by atoms with van der Waals surface area (Å²) in [6.07, 6.45) is 0. The zero-order valence-corrected chi connectivity index (χ0v) is 22.0. The number of H-pyrrole nitrogens is 1. The average molecular weight is 486 g/mol. The minimum Gasteiger partial charge on any atom is -0.369 e. The van der Waals surface area contributed by atoms with Gasteiger partial charge in [-0.15, -0.1) is 5.10 Å². The molecule has 2 aromatic carbocycles. The number of aryl methyl sites for hydroxylation is 3. The Hall–Kier alpha value is -3.52. The molecule has 188 valence electrons. The highest BCUT2D eigenvalue weighted by molar-refractivity contribution is 5.82. The Bertz CT molecular complexity index is 1460. The molecule has 0 unspecified atom stereocenters. The van der Waals surface area contributed by atoms with E-state index in [2.05, 4.69) is 83.1 Å². The Balaban J connectivity index is 1.56. The topological polar surface area (TPSA) is 82.9 Å². The van der Waals surface area contributed by atoms with Crippen LogP contribution in [0.5, 0.6) is 0 Å². The molecule has 1 saturated heterocycles. The Labute approximate surface area is 211 Å². The fourth-order valence-electron chi connectivity index (χ4n) is 5.23. The van der Waals surface area contributed by atoms with E-state index in [1.165, 1.54) is 16.8 Å². The van der Waals surface area contributed by atoms with Crippen molar-refractivity contribution in [3.8, 4) is 0 Å². The van der Waals surface area contributed by atoms with E-state index in [1.807, 2.05) is 35.9 Å². The third kappa shape index (κ3) is 4.41. The van der Waals surface area contributed by atoms with Gasteiger partial charge in [-0.2, -0.15) is 0 Å². The van der Waals surface area contributed by atoms with Crippen LogP contribution in [0.4, 0.5) is 5.69 Å². The van der Waals surface area contributed by atoms with Gasteiger partial charge in [-0.05, 0) is 86.2 Å². The van der Waals surface area contributed by atoms with Crippen LogP contribution in [-0.2, 0) is 5.54 Å². The lowest BCUT2D eigenvalue weighted by molar-refractivity contribution is 0.190. The Morgan fingerprint density at radius 3 is 2.42 bits per heavy atom. The second kappa shape index (κ2) is 9.17.